The third kappa shape index (κ3) is 3.07. The molecule has 0 bridgehead atoms. The molecule has 0 unspecified atom stereocenters. The van der Waals surface area contributed by atoms with Crippen LogP contribution in [-0.4, -0.2) is 30.2 Å². The van der Waals surface area contributed by atoms with Gasteiger partial charge >= 0.3 is 0 Å². The second-order valence-corrected chi connectivity index (χ2v) is 6.80. The minimum atomic E-state index is -0.0788. The first-order valence-corrected chi connectivity index (χ1v) is 9.32. The van der Waals surface area contributed by atoms with Crippen molar-refractivity contribution < 1.29 is 14.3 Å². The lowest BCUT2D eigenvalue weighted by Gasteiger charge is -2.21. The smallest absolute Gasteiger partial charge is 0.254 e. The van der Waals surface area contributed by atoms with Crippen LogP contribution in [0.1, 0.15) is 38.8 Å². The molecular formula is C24H21NO3. The Balaban J connectivity index is 1.60. The Bertz CT molecular complexity index is 1050. The molecule has 4 rings (SSSR count). The number of carbonyl (C=O) groups excluding carboxylic acids is 2. The Hall–Kier alpha value is -3.40. The van der Waals surface area contributed by atoms with E-state index in [0.717, 1.165) is 22.4 Å². The first-order valence-electron chi connectivity index (χ1n) is 9.32. The van der Waals surface area contributed by atoms with Gasteiger partial charge in [-0.2, -0.15) is 0 Å². The van der Waals surface area contributed by atoms with E-state index in [4.69, 9.17) is 4.74 Å². The zero-order valence-electron chi connectivity index (χ0n) is 15.9. The predicted molar refractivity (Wildman–Crippen MR) is 109 cm³/mol. The zero-order valence-corrected chi connectivity index (χ0v) is 15.9. The zero-order chi connectivity index (χ0) is 19.7. The average molecular weight is 371 g/mol. The quantitative estimate of drug-likeness (QED) is 0.516. The van der Waals surface area contributed by atoms with E-state index >= 15 is 0 Å². The lowest BCUT2D eigenvalue weighted by molar-refractivity contribution is 0.0752. The van der Waals surface area contributed by atoms with Gasteiger partial charge in [0.05, 0.1) is 7.11 Å². The normalized spacial score (nSPS) is 11.7. The Morgan fingerprint density at radius 2 is 1.57 bits per heavy atom. The van der Waals surface area contributed by atoms with Crippen molar-refractivity contribution in [3.8, 4) is 16.9 Å². The molecule has 0 saturated heterocycles. The molecule has 0 saturated carbocycles. The molecule has 1 aliphatic carbocycles. The van der Waals surface area contributed by atoms with Crippen molar-refractivity contribution in [2.24, 2.45) is 0 Å². The first-order chi connectivity index (χ1) is 13.6. The molecule has 4 heteroatoms. The monoisotopic (exact) mass is 371 g/mol. The van der Waals surface area contributed by atoms with Crippen molar-refractivity contribution in [1.82, 2.24) is 4.90 Å². The maximum atomic E-state index is 13.1. The van der Waals surface area contributed by atoms with E-state index in [1.54, 1.807) is 18.1 Å². The molecule has 28 heavy (non-hydrogen) atoms. The fraction of sp³-hybridized carbons (Fsp3) is 0.167. The maximum Gasteiger partial charge on any atom is 0.254 e. The minimum absolute atomic E-state index is 0.0153. The molecule has 140 valence electrons. The van der Waals surface area contributed by atoms with Gasteiger partial charge in [0.25, 0.3) is 5.91 Å². The fourth-order valence-electron chi connectivity index (χ4n) is 3.62. The maximum absolute atomic E-state index is 13.1. The van der Waals surface area contributed by atoms with Crippen LogP contribution < -0.4 is 4.74 Å². The molecule has 0 atom stereocenters. The molecule has 0 N–H and O–H groups in total. The van der Waals surface area contributed by atoms with Crippen LogP contribution in [-0.2, 0) is 6.54 Å². The van der Waals surface area contributed by atoms with Crippen molar-refractivity contribution in [3.05, 3.63) is 89.0 Å². The third-order valence-corrected chi connectivity index (χ3v) is 5.17. The molecule has 0 aromatic heterocycles. The highest BCUT2D eigenvalue weighted by Gasteiger charge is 2.27. The molecule has 0 fully saturated rings. The highest BCUT2D eigenvalue weighted by Crippen LogP contribution is 2.36. The van der Waals surface area contributed by atoms with Gasteiger partial charge in [0.15, 0.2) is 5.78 Å². The van der Waals surface area contributed by atoms with Gasteiger partial charge in [-0.15, -0.1) is 0 Å². The minimum Gasteiger partial charge on any atom is -0.497 e. The van der Waals surface area contributed by atoms with Crippen molar-refractivity contribution in [2.45, 2.75) is 13.5 Å². The Morgan fingerprint density at radius 1 is 0.893 bits per heavy atom. The van der Waals surface area contributed by atoms with Crippen LogP contribution in [0.2, 0.25) is 0 Å². The summed E-state index contributed by atoms with van der Waals surface area (Å²) < 4.78 is 5.18. The van der Waals surface area contributed by atoms with E-state index in [9.17, 15) is 9.59 Å². The van der Waals surface area contributed by atoms with Gasteiger partial charge in [0.2, 0.25) is 0 Å². The molecule has 1 aliphatic rings. The number of amides is 1. The predicted octanol–water partition coefficient (Wildman–Crippen LogP) is 4.57. The number of benzene rings is 3. The standard InChI is InChI=1S/C24H21NO3/c1-3-25(15-16-8-11-18(28-2)12-9-16)24(27)17-10-13-20-19-6-4-5-7-21(19)23(26)22(20)14-17/h4-14H,3,15H2,1-2H3. The topological polar surface area (TPSA) is 46.6 Å². The van der Waals surface area contributed by atoms with Crippen LogP contribution in [0.4, 0.5) is 0 Å². The van der Waals surface area contributed by atoms with Crippen molar-refractivity contribution in [3.63, 3.8) is 0 Å². The number of fused-ring (bicyclic) bond motifs is 3. The van der Waals surface area contributed by atoms with E-state index in [0.29, 0.717) is 29.8 Å². The van der Waals surface area contributed by atoms with Gasteiger partial charge in [-0.1, -0.05) is 42.5 Å². The van der Waals surface area contributed by atoms with Gasteiger partial charge in [0.1, 0.15) is 5.75 Å². The van der Waals surface area contributed by atoms with E-state index < -0.39 is 0 Å². The van der Waals surface area contributed by atoms with Crippen molar-refractivity contribution in [2.75, 3.05) is 13.7 Å². The third-order valence-electron chi connectivity index (χ3n) is 5.17. The summed E-state index contributed by atoms with van der Waals surface area (Å²) in [5.41, 5.74) is 4.71. The molecule has 0 heterocycles. The van der Waals surface area contributed by atoms with Crippen LogP contribution in [0, 0.1) is 0 Å². The molecule has 3 aromatic rings. The molecule has 1 amide bonds. The SMILES string of the molecule is CCN(Cc1ccc(OC)cc1)C(=O)c1ccc2c(c1)C(=O)c1ccccc1-2. The number of carbonyl (C=O) groups is 2. The lowest BCUT2D eigenvalue weighted by Crippen LogP contribution is -2.30. The van der Waals surface area contributed by atoms with Gasteiger partial charge in [-0.25, -0.2) is 0 Å². The van der Waals surface area contributed by atoms with Crippen LogP contribution in [0.5, 0.6) is 5.75 Å². The summed E-state index contributed by atoms with van der Waals surface area (Å²) in [5.74, 6) is 0.693. The van der Waals surface area contributed by atoms with E-state index in [1.165, 1.54) is 0 Å². The number of ether oxygens (including phenoxy) is 1. The number of nitrogens with zero attached hydrogens (tertiary/aromatic N) is 1. The van der Waals surface area contributed by atoms with Gasteiger partial charge in [-0.05, 0) is 47.9 Å². The van der Waals surface area contributed by atoms with Gasteiger partial charge in [0, 0.05) is 29.8 Å². The van der Waals surface area contributed by atoms with E-state index in [1.807, 2.05) is 67.6 Å². The molecule has 3 aromatic carbocycles. The molecular weight excluding hydrogens is 350 g/mol. The molecule has 0 aliphatic heterocycles. The number of hydrogen-bond acceptors (Lipinski definition) is 3. The average Bonchev–Trinajstić information content (AvgIpc) is 3.04. The highest BCUT2D eigenvalue weighted by atomic mass is 16.5. The molecule has 0 radical (unpaired) electrons. The molecule has 4 nitrogen and oxygen atoms in total. The number of methoxy groups -OCH3 is 1. The summed E-state index contributed by atoms with van der Waals surface area (Å²) in [4.78, 5) is 27.6. The Morgan fingerprint density at radius 3 is 2.25 bits per heavy atom. The van der Waals surface area contributed by atoms with Crippen molar-refractivity contribution >= 4 is 11.7 Å². The number of rotatable bonds is 5. The second kappa shape index (κ2) is 7.31. The molecule has 0 spiro atoms. The summed E-state index contributed by atoms with van der Waals surface area (Å²) in [6, 6.07) is 20.7. The van der Waals surface area contributed by atoms with Gasteiger partial charge < -0.3 is 9.64 Å². The van der Waals surface area contributed by atoms with Crippen molar-refractivity contribution in [1.29, 1.82) is 0 Å². The number of ketones is 1. The first kappa shape index (κ1) is 18.0. The summed E-state index contributed by atoms with van der Waals surface area (Å²) in [5, 5.41) is 0. The number of hydrogen-bond donors (Lipinski definition) is 0. The summed E-state index contributed by atoms with van der Waals surface area (Å²) >= 11 is 0. The van der Waals surface area contributed by atoms with Crippen LogP contribution in [0.15, 0.2) is 66.7 Å². The summed E-state index contributed by atoms with van der Waals surface area (Å²) in [6.07, 6.45) is 0. The van der Waals surface area contributed by atoms with E-state index in [-0.39, 0.29) is 11.7 Å². The highest BCUT2D eigenvalue weighted by molar-refractivity contribution is 6.22. The Kier molecular flexibility index (Phi) is 4.70. The summed E-state index contributed by atoms with van der Waals surface area (Å²) in [7, 11) is 1.63. The fourth-order valence-corrected chi connectivity index (χ4v) is 3.62. The Labute approximate surface area is 164 Å². The summed E-state index contributed by atoms with van der Waals surface area (Å²) in [6.45, 7) is 3.04. The van der Waals surface area contributed by atoms with Crippen LogP contribution in [0.25, 0.3) is 11.1 Å². The van der Waals surface area contributed by atoms with Gasteiger partial charge in [-0.3, -0.25) is 9.59 Å². The lowest BCUT2D eigenvalue weighted by atomic mass is 10.0. The largest absolute Gasteiger partial charge is 0.497 e. The van der Waals surface area contributed by atoms with Crippen LogP contribution in [0.3, 0.4) is 0 Å². The second-order valence-electron chi connectivity index (χ2n) is 6.80. The van der Waals surface area contributed by atoms with E-state index in [2.05, 4.69) is 0 Å². The van der Waals surface area contributed by atoms with Crippen LogP contribution >= 0.6 is 0 Å².